The van der Waals surface area contributed by atoms with Gasteiger partial charge in [-0.05, 0) is 18.3 Å². The molecule has 0 aromatic carbocycles. The molecule has 3 heteroatoms. The Morgan fingerprint density at radius 2 is 2.00 bits per heavy atom. The Balaban J connectivity index is 2.51. The van der Waals surface area contributed by atoms with Crippen LogP contribution in [0.4, 0.5) is 0 Å². The summed E-state index contributed by atoms with van der Waals surface area (Å²) in [4.78, 5) is 0. The SMILES string of the molecule is CCC(CC)C(C)Cc1cn(C)nn1. The van der Waals surface area contributed by atoms with E-state index in [-0.39, 0.29) is 0 Å². The van der Waals surface area contributed by atoms with Gasteiger partial charge in [0.15, 0.2) is 0 Å². The second kappa shape index (κ2) is 5.13. The molecule has 0 radical (unpaired) electrons. The lowest BCUT2D eigenvalue weighted by Gasteiger charge is -2.19. The third-order valence-electron chi connectivity index (χ3n) is 3.03. The third-order valence-corrected chi connectivity index (χ3v) is 3.03. The minimum atomic E-state index is 0.710. The van der Waals surface area contributed by atoms with Gasteiger partial charge in [0, 0.05) is 13.2 Å². The van der Waals surface area contributed by atoms with Gasteiger partial charge in [0.2, 0.25) is 0 Å². The number of aryl methyl sites for hydroxylation is 1. The molecular formula is C11H21N3. The molecule has 0 aliphatic rings. The predicted octanol–water partition coefficient (Wildman–Crippen LogP) is 2.43. The normalized spacial score (nSPS) is 13.5. The zero-order valence-corrected chi connectivity index (χ0v) is 9.70. The van der Waals surface area contributed by atoms with Gasteiger partial charge >= 0.3 is 0 Å². The Labute approximate surface area is 86.5 Å². The lowest BCUT2D eigenvalue weighted by atomic mass is 9.86. The maximum absolute atomic E-state index is 4.12. The first-order valence-corrected chi connectivity index (χ1v) is 5.52. The van der Waals surface area contributed by atoms with Crippen LogP contribution in [-0.4, -0.2) is 15.0 Å². The summed E-state index contributed by atoms with van der Waals surface area (Å²) in [5.74, 6) is 1.53. The highest BCUT2D eigenvalue weighted by atomic mass is 15.4. The van der Waals surface area contributed by atoms with Gasteiger partial charge in [0.25, 0.3) is 0 Å². The molecule has 0 saturated heterocycles. The summed E-state index contributed by atoms with van der Waals surface area (Å²) in [5.41, 5.74) is 1.12. The van der Waals surface area contributed by atoms with Gasteiger partial charge in [-0.15, -0.1) is 5.10 Å². The van der Waals surface area contributed by atoms with Crippen molar-refractivity contribution < 1.29 is 0 Å². The fourth-order valence-corrected chi connectivity index (χ4v) is 2.08. The van der Waals surface area contributed by atoms with Gasteiger partial charge < -0.3 is 0 Å². The van der Waals surface area contributed by atoms with E-state index >= 15 is 0 Å². The first-order valence-electron chi connectivity index (χ1n) is 5.52. The predicted molar refractivity (Wildman–Crippen MR) is 57.9 cm³/mol. The van der Waals surface area contributed by atoms with Crippen LogP contribution in [0.1, 0.15) is 39.3 Å². The van der Waals surface area contributed by atoms with Crippen molar-refractivity contribution in [1.82, 2.24) is 15.0 Å². The molecule has 0 bridgehead atoms. The fraction of sp³-hybridized carbons (Fsp3) is 0.818. The number of hydrogen-bond acceptors (Lipinski definition) is 2. The van der Waals surface area contributed by atoms with Gasteiger partial charge in [0.05, 0.1) is 5.69 Å². The molecule has 0 aliphatic carbocycles. The van der Waals surface area contributed by atoms with E-state index in [1.165, 1.54) is 12.8 Å². The summed E-state index contributed by atoms with van der Waals surface area (Å²) in [6.07, 6.45) is 5.59. The Kier molecular flexibility index (Phi) is 4.11. The molecule has 3 nitrogen and oxygen atoms in total. The van der Waals surface area contributed by atoms with Crippen LogP contribution < -0.4 is 0 Å². The molecule has 14 heavy (non-hydrogen) atoms. The Morgan fingerprint density at radius 1 is 1.36 bits per heavy atom. The molecule has 1 atom stereocenters. The van der Waals surface area contributed by atoms with E-state index in [2.05, 4.69) is 31.1 Å². The molecule has 1 rings (SSSR count). The molecule has 1 aromatic heterocycles. The Bertz CT molecular complexity index is 263. The van der Waals surface area contributed by atoms with Crippen LogP contribution >= 0.6 is 0 Å². The summed E-state index contributed by atoms with van der Waals surface area (Å²) >= 11 is 0. The van der Waals surface area contributed by atoms with Crippen molar-refractivity contribution in [3.63, 3.8) is 0 Å². The maximum Gasteiger partial charge on any atom is 0.0829 e. The Morgan fingerprint density at radius 3 is 2.43 bits per heavy atom. The van der Waals surface area contributed by atoms with Crippen LogP contribution in [0.2, 0.25) is 0 Å². The van der Waals surface area contributed by atoms with E-state index in [1.54, 1.807) is 4.68 Å². The first kappa shape index (κ1) is 11.2. The second-order valence-electron chi connectivity index (χ2n) is 4.14. The molecule has 0 aliphatic heterocycles. The van der Waals surface area contributed by atoms with Crippen molar-refractivity contribution >= 4 is 0 Å². The van der Waals surface area contributed by atoms with Crippen LogP contribution in [0.3, 0.4) is 0 Å². The van der Waals surface area contributed by atoms with Crippen molar-refractivity contribution in [3.05, 3.63) is 11.9 Å². The first-order chi connectivity index (χ1) is 6.67. The van der Waals surface area contributed by atoms with Crippen molar-refractivity contribution in [2.75, 3.05) is 0 Å². The van der Waals surface area contributed by atoms with Crippen LogP contribution in [0.15, 0.2) is 6.20 Å². The Hall–Kier alpha value is -0.860. The highest BCUT2D eigenvalue weighted by Crippen LogP contribution is 2.21. The summed E-state index contributed by atoms with van der Waals surface area (Å²) < 4.78 is 1.77. The van der Waals surface area contributed by atoms with E-state index in [9.17, 15) is 0 Å². The fourth-order valence-electron chi connectivity index (χ4n) is 2.08. The van der Waals surface area contributed by atoms with E-state index in [0.29, 0.717) is 5.92 Å². The van der Waals surface area contributed by atoms with Crippen molar-refractivity contribution in [2.24, 2.45) is 18.9 Å². The molecule has 1 heterocycles. The largest absolute Gasteiger partial charge is 0.255 e. The maximum atomic E-state index is 4.12. The minimum Gasteiger partial charge on any atom is -0.255 e. The average molecular weight is 195 g/mol. The van der Waals surface area contributed by atoms with E-state index in [1.807, 2.05) is 13.2 Å². The van der Waals surface area contributed by atoms with Gasteiger partial charge in [-0.2, -0.15) is 0 Å². The van der Waals surface area contributed by atoms with Crippen LogP contribution in [0.25, 0.3) is 0 Å². The van der Waals surface area contributed by atoms with Gasteiger partial charge in [-0.1, -0.05) is 38.8 Å². The highest BCUT2D eigenvalue weighted by Gasteiger charge is 2.15. The van der Waals surface area contributed by atoms with Crippen molar-refractivity contribution in [1.29, 1.82) is 0 Å². The summed E-state index contributed by atoms with van der Waals surface area (Å²) in [6, 6.07) is 0. The van der Waals surface area contributed by atoms with Gasteiger partial charge in [0.1, 0.15) is 0 Å². The molecule has 0 spiro atoms. The highest BCUT2D eigenvalue weighted by molar-refractivity contribution is 4.93. The minimum absolute atomic E-state index is 0.710. The smallest absolute Gasteiger partial charge is 0.0829 e. The number of hydrogen-bond donors (Lipinski definition) is 0. The molecule has 0 N–H and O–H groups in total. The molecule has 0 saturated carbocycles. The van der Waals surface area contributed by atoms with Gasteiger partial charge in [-0.3, -0.25) is 4.68 Å². The molecule has 0 amide bonds. The number of nitrogens with zero attached hydrogens (tertiary/aromatic N) is 3. The molecule has 1 unspecified atom stereocenters. The summed E-state index contributed by atoms with van der Waals surface area (Å²) in [6.45, 7) is 6.84. The monoisotopic (exact) mass is 195 g/mol. The lowest BCUT2D eigenvalue weighted by Crippen LogP contribution is -2.12. The van der Waals surface area contributed by atoms with E-state index in [4.69, 9.17) is 0 Å². The van der Waals surface area contributed by atoms with E-state index < -0.39 is 0 Å². The molecular weight excluding hydrogens is 174 g/mol. The van der Waals surface area contributed by atoms with Gasteiger partial charge in [-0.25, -0.2) is 0 Å². The van der Waals surface area contributed by atoms with Crippen molar-refractivity contribution in [3.8, 4) is 0 Å². The molecule has 0 fully saturated rings. The number of rotatable bonds is 5. The summed E-state index contributed by atoms with van der Waals surface area (Å²) in [7, 11) is 1.91. The van der Waals surface area contributed by atoms with Crippen LogP contribution in [0, 0.1) is 11.8 Å². The quantitative estimate of drug-likeness (QED) is 0.722. The number of aromatic nitrogens is 3. The van der Waals surface area contributed by atoms with E-state index in [0.717, 1.165) is 18.0 Å². The van der Waals surface area contributed by atoms with Crippen LogP contribution in [0.5, 0.6) is 0 Å². The molecule has 80 valence electrons. The topological polar surface area (TPSA) is 30.7 Å². The lowest BCUT2D eigenvalue weighted by molar-refractivity contribution is 0.333. The third kappa shape index (κ3) is 2.82. The standard InChI is InChI=1S/C11H21N3/c1-5-10(6-2)9(3)7-11-8-14(4)13-12-11/h8-10H,5-7H2,1-4H3. The average Bonchev–Trinajstić information content (AvgIpc) is 2.53. The summed E-state index contributed by atoms with van der Waals surface area (Å²) in [5, 5.41) is 8.07. The van der Waals surface area contributed by atoms with Crippen molar-refractivity contribution in [2.45, 2.75) is 40.0 Å². The zero-order chi connectivity index (χ0) is 10.6. The van der Waals surface area contributed by atoms with Crippen LogP contribution in [-0.2, 0) is 13.5 Å². The molecule has 1 aromatic rings. The zero-order valence-electron chi connectivity index (χ0n) is 9.70. The second-order valence-corrected chi connectivity index (χ2v) is 4.14.